The summed E-state index contributed by atoms with van der Waals surface area (Å²) in [6.45, 7) is 1.97. The lowest BCUT2D eigenvalue weighted by Gasteiger charge is -2.37. The van der Waals surface area contributed by atoms with E-state index in [0.717, 1.165) is 5.75 Å². The van der Waals surface area contributed by atoms with Gasteiger partial charge in [-0.1, -0.05) is 11.6 Å². The monoisotopic (exact) mass is 240 g/mol. The van der Waals surface area contributed by atoms with Crippen LogP contribution in [0.5, 0.6) is 5.75 Å². The lowest BCUT2D eigenvalue weighted by molar-refractivity contribution is 0.0903. The summed E-state index contributed by atoms with van der Waals surface area (Å²) in [5, 5.41) is 0.691. The molecule has 2 N–H and O–H groups in total. The van der Waals surface area contributed by atoms with Crippen LogP contribution in [-0.4, -0.2) is 30.6 Å². The fourth-order valence-electron chi connectivity index (χ4n) is 1.60. The first-order chi connectivity index (χ1) is 7.65. The lowest BCUT2D eigenvalue weighted by Crippen LogP contribution is -2.54. The van der Waals surface area contributed by atoms with Crippen LogP contribution >= 0.6 is 11.6 Å². The molecular formula is C11H13ClN2O2. The highest BCUT2D eigenvalue weighted by atomic mass is 35.5. The highest BCUT2D eigenvalue weighted by Crippen LogP contribution is 2.19. The van der Waals surface area contributed by atoms with Crippen LogP contribution in [0.1, 0.15) is 0 Å². The second kappa shape index (κ2) is 4.61. The minimum Gasteiger partial charge on any atom is -0.493 e. The van der Waals surface area contributed by atoms with Crippen LogP contribution in [0.3, 0.4) is 0 Å². The van der Waals surface area contributed by atoms with Gasteiger partial charge in [-0.25, -0.2) is 4.79 Å². The molecule has 0 bridgehead atoms. The van der Waals surface area contributed by atoms with E-state index in [4.69, 9.17) is 22.1 Å². The maximum atomic E-state index is 10.7. The Balaban J connectivity index is 1.73. The van der Waals surface area contributed by atoms with Gasteiger partial charge in [-0.15, -0.1) is 0 Å². The van der Waals surface area contributed by atoms with E-state index >= 15 is 0 Å². The molecule has 0 unspecified atom stereocenters. The van der Waals surface area contributed by atoms with Crippen LogP contribution in [0.4, 0.5) is 4.79 Å². The van der Waals surface area contributed by atoms with Crippen molar-refractivity contribution in [3.05, 3.63) is 29.3 Å². The predicted molar refractivity (Wildman–Crippen MR) is 61.6 cm³/mol. The van der Waals surface area contributed by atoms with Crippen LogP contribution in [0.2, 0.25) is 5.02 Å². The van der Waals surface area contributed by atoms with Crippen molar-refractivity contribution in [1.29, 1.82) is 0 Å². The molecule has 1 saturated heterocycles. The fraction of sp³-hybridized carbons (Fsp3) is 0.364. The molecule has 0 aromatic heterocycles. The second-order valence-corrected chi connectivity index (χ2v) is 4.31. The Morgan fingerprint density at radius 1 is 1.44 bits per heavy atom. The number of amides is 2. The van der Waals surface area contributed by atoms with Crippen molar-refractivity contribution in [3.8, 4) is 5.75 Å². The number of benzene rings is 1. The van der Waals surface area contributed by atoms with E-state index in [0.29, 0.717) is 30.6 Å². The molecule has 0 aliphatic carbocycles. The van der Waals surface area contributed by atoms with Gasteiger partial charge >= 0.3 is 6.03 Å². The van der Waals surface area contributed by atoms with Gasteiger partial charge in [-0.2, -0.15) is 0 Å². The Kier molecular flexibility index (Phi) is 3.19. The molecule has 2 rings (SSSR count). The summed E-state index contributed by atoms with van der Waals surface area (Å²) < 4.78 is 5.56. The third-order valence-corrected chi connectivity index (χ3v) is 2.82. The van der Waals surface area contributed by atoms with E-state index in [9.17, 15) is 4.79 Å². The molecule has 1 aromatic rings. The zero-order valence-electron chi connectivity index (χ0n) is 8.73. The number of urea groups is 1. The van der Waals surface area contributed by atoms with E-state index in [1.807, 2.05) is 12.1 Å². The molecule has 4 nitrogen and oxygen atoms in total. The lowest BCUT2D eigenvalue weighted by atomic mass is 10.0. The van der Waals surface area contributed by atoms with Gasteiger partial charge in [0.15, 0.2) is 0 Å². The zero-order valence-corrected chi connectivity index (χ0v) is 9.48. The van der Waals surface area contributed by atoms with Gasteiger partial charge in [0.25, 0.3) is 0 Å². The number of hydrogen-bond donors (Lipinski definition) is 1. The van der Waals surface area contributed by atoms with Gasteiger partial charge in [0.05, 0.1) is 6.61 Å². The van der Waals surface area contributed by atoms with Crippen LogP contribution in [-0.2, 0) is 0 Å². The van der Waals surface area contributed by atoms with E-state index < -0.39 is 0 Å². The highest BCUT2D eigenvalue weighted by Gasteiger charge is 2.29. The molecule has 1 aromatic carbocycles. The number of rotatable bonds is 3. The number of hydrogen-bond acceptors (Lipinski definition) is 2. The largest absolute Gasteiger partial charge is 0.493 e. The average Bonchev–Trinajstić information content (AvgIpc) is 2.18. The van der Waals surface area contributed by atoms with Crippen molar-refractivity contribution in [2.45, 2.75) is 0 Å². The van der Waals surface area contributed by atoms with Gasteiger partial charge < -0.3 is 15.4 Å². The van der Waals surface area contributed by atoms with Gasteiger partial charge in [0.1, 0.15) is 5.75 Å². The summed E-state index contributed by atoms with van der Waals surface area (Å²) >= 11 is 5.75. The average molecular weight is 241 g/mol. The predicted octanol–water partition coefficient (Wildman–Crippen LogP) is 1.73. The number of nitrogens with two attached hydrogens (primary N) is 1. The molecule has 2 amide bonds. The molecule has 16 heavy (non-hydrogen) atoms. The molecule has 5 heteroatoms. The Morgan fingerprint density at radius 2 is 2.06 bits per heavy atom. The quantitative estimate of drug-likeness (QED) is 0.875. The first-order valence-electron chi connectivity index (χ1n) is 5.08. The number of carbonyl (C=O) groups is 1. The number of carbonyl (C=O) groups excluding carboxylic acids is 1. The molecule has 1 heterocycles. The third-order valence-electron chi connectivity index (χ3n) is 2.57. The Hall–Kier alpha value is -1.42. The minimum atomic E-state index is -0.359. The van der Waals surface area contributed by atoms with Crippen molar-refractivity contribution in [2.75, 3.05) is 19.7 Å². The van der Waals surface area contributed by atoms with E-state index in [-0.39, 0.29) is 6.03 Å². The van der Waals surface area contributed by atoms with Gasteiger partial charge in [-0.05, 0) is 24.3 Å². The first kappa shape index (κ1) is 11.1. The Labute approximate surface area is 98.9 Å². The SMILES string of the molecule is NC(=O)N1CC(COc2ccc(Cl)cc2)C1. The van der Waals surface area contributed by atoms with Crippen LogP contribution in [0.25, 0.3) is 0 Å². The highest BCUT2D eigenvalue weighted by molar-refractivity contribution is 6.30. The molecule has 0 radical (unpaired) electrons. The minimum absolute atomic E-state index is 0.359. The van der Waals surface area contributed by atoms with Crippen molar-refractivity contribution in [3.63, 3.8) is 0 Å². The number of ether oxygens (including phenoxy) is 1. The standard InChI is InChI=1S/C11H13ClN2O2/c12-9-1-3-10(4-2-9)16-7-8-5-14(6-8)11(13)15/h1-4,8H,5-7H2,(H2,13,15). The summed E-state index contributed by atoms with van der Waals surface area (Å²) in [5.74, 6) is 1.17. The van der Waals surface area contributed by atoms with Crippen molar-refractivity contribution >= 4 is 17.6 Å². The van der Waals surface area contributed by atoms with Crippen molar-refractivity contribution < 1.29 is 9.53 Å². The zero-order chi connectivity index (χ0) is 11.5. The molecule has 0 saturated carbocycles. The van der Waals surface area contributed by atoms with E-state index in [1.54, 1.807) is 17.0 Å². The third kappa shape index (κ3) is 2.58. The maximum Gasteiger partial charge on any atom is 0.314 e. The van der Waals surface area contributed by atoms with Crippen LogP contribution in [0, 0.1) is 5.92 Å². The summed E-state index contributed by atoms with van der Waals surface area (Å²) in [4.78, 5) is 12.3. The molecule has 0 spiro atoms. The molecular weight excluding hydrogens is 228 g/mol. The second-order valence-electron chi connectivity index (χ2n) is 3.87. The Morgan fingerprint density at radius 3 is 2.62 bits per heavy atom. The summed E-state index contributed by atoms with van der Waals surface area (Å²) in [5.41, 5.74) is 5.12. The number of likely N-dealkylation sites (tertiary alicyclic amines) is 1. The van der Waals surface area contributed by atoms with Gasteiger partial charge in [0, 0.05) is 24.0 Å². The Bertz CT molecular complexity index is 374. The number of primary amides is 1. The van der Waals surface area contributed by atoms with Crippen molar-refractivity contribution in [2.24, 2.45) is 11.7 Å². The van der Waals surface area contributed by atoms with Crippen molar-refractivity contribution in [1.82, 2.24) is 4.90 Å². The number of nitrogens with zero attached hydrogens (tertiary/aromatic N) is 1. The molecule has 86 valence electrons. The summed E-state index contributed by atoms with van der Waals surface area (Å²) in [7, 11) is 0. The maximum absolute atomic E-state index is 10.7. The normalized spacial score (nSPS) is 15.7. The van der Waals surface area contributed by atoms with E-state index in [1.165, 1.54) is 0 Å². The van der Waals surface area contributed by atoms with Gasteiger partial charge in [0.2, 0.25) is 0 Å². The van der Waals surface area contributed by atoms with Gasteiger partial charge in [-0.3, -0.25) is 0 Å². The summed E-state index contributed by atoms with van der Waals surface area (Å²) in [6.07, 6.45) is 0. The number of halogens is 1. The summed E-state index contributed by atoms with van der Waals surface area (Å²) in [6, 6.07) is 6.86. The smallest absolute Gasteiger partial charge is 0.314 e. The molecule has 1 aliphatic heterocycles. The van der Waals surface area contributed by atoms with E-state index in [2.05, 4.69) is 0 Å². The van der Waals surface area contributed by atoms with Crippen LogP contribution in [0.15, 0.2) is 24.3 Å². The fourth-order valence-corrected chi connectivity index (χ4v) is 1.73. The molecule has 1 aliphatic rings. The molecule has 1 fully saturated rings. The topological polar surface area (TPSA) is 55.6 Å². The van der Waals surface area contributed by atoms with Crippen LogP contribution < -0.4 is 10.5 Å². The molecule has 0 atom stereocenters. The first-order valence-corrected chi connectivity index (χ1v) is 5.45.